The van der Waals surface area contributed by atoms with Crippen molar-refractivity contribution in [1.82, 2.24) is 5.32 Å². The second kappa shape index (κ2) is 7.53. The molecule has 0 fully saturated rings. The highest BCUT2D eigenvalue weighted by Gasteiger charge is 2.29. The van der Waals surface area contributed by atoms with E-state index in [1.165, 1.54) is 0 Å². The van der Waals surface area contributed by atoms with Gasteiger partial charge in [0.15, 0.2) is 0 Å². The van der Waals surface area contributed by atoms with Crippen LogP contribution >= 0.6 is 0 Å². The number of para-hydroxylation sites is 1. The zero-order chi connectivity index (χ0) is 16.9. The number of methoxy groups -OCH3 is 1. The Morgan fingerprint density at radius 1 is 1.33 bits per heavy atom. The minimum atomic E-state index is -0.294. The minimum Gasteiger partial charge on any atom is -0.493 e. The average molecular weight is 329 g/mol. The van der Waals surface area contributed by atoms with Crippen molar-refractivity contribution in [2.45, 2.75) is 31.7 Å². The van der Waals surface area contributed by atoms with Crippen molar-refractivity contribution in [3.8, 4) is 5.75 Å². The number of nitrogens with one attached hydrogen (secondary N) is 1. The molecule has 5 nitrogen and oxygen atoms in total. The van der Waals surface area contributed by atoms with E-state index in [0.717, 1.165) is 29.3 Å². The van der Waals surface area contributed by atoms with Gasteiger partial charge in [-0.05, 0) is 24.6 Å². The lowest BCUT2D eigenvalue weighted by molar-refractivity contribution is -0.124. The van der Waals surface area contributed by atoms with Crippen LogP contribution in [0.4, 0.5) is 0 Å². The molecule has 0 unspecified atom stereocenters. The van der Waals surface area contributed by atoms with Gasteiger partial charge in [-0.15, -0.1) is 0 Å². The quantitative estimate of drug-likeness (QED) is 0.884. The van der Waals surface area contributed by atoms with Gasteiger partial charge in [-0.2, -0.15) is 0 Å². The molecule has 2 heterocycles. The van der Waals surface area contributed by atoms with Gasteiger partial charge in [-0.1, -0.05) is 25.1 Å². The van der Waals surface area contributed by atoms with Gasteiger partial charge in [-0.25, -0.2) is 0 Å². The monoisotopic (exact) mass is 329 g/mol. The fraction of sp³-hybridized carbons (Fsp3) is 0.421. The molecule has 24 heavy (non-hydrogen) atoms. The summed E-state index contributed by atoms with van der Waals surface area (Å²) in [4.78, 5) is 12.8. The van der Waals surface area contributed by atoms with Crippen LogP contribution in [0.15, 0.2) is 40.8 Å². The first kappa shape index (κ1) is 16.6. The Hall–Kier alpha value is -2.27. The lowest BCUT2D eigenvalue weighted by Gasteiger charge is -2.26. The molecule has 0 saturated carbocycles. The highest BCUT2D eigenvalue weighted by molar-refractivity contribution is 5.85. The highest BCUT2D eigenvalue weighted by Crippen LogP contribution is 2.34. The van der Waals surface area contributed by atoms with E-state index >= 15 is 0 Å². The molecule has 5 heteroatoms. The predicted octanol–water partition coefficient (Wildman–Crippen LogP) is 3.21. The maximum atomic E-state index is 12.8. The number of hydrogen-bond donors (Lipinski definition) is 1. The van der Waals surface area contributed by atoms with E-state index in [2.05, 4.69) is 5.32 Å². The topological polar surface area (TPSA) is 60.7 Å². The van der Waals surface area contributed by atoms with Gasteiger partial charge in [0, 0.05) is 19.1 Å². The van der Waals surface area contributed by atoms with Crippen LogP contribution in [0.5, 0.6) is 5.75 Å². The number of furan rings is 1. The molecule has 2 atom stereocenters. The first-order valence-electron chi connectivity index (χ1n) is 8.32. The molecular weight excluding hydrogens is 306 g/mol. The third kappa shape index (κ3) is 3.46. The number of aryl methyl sites for hydroxylation is 1. The van der Waals surface area contributed by atoms with Crippen molar-refractivity contribution < 1.29 is 18.7 Å². The lowest BCUT2D eigenvalue weighted by Crippen LogP contribution is -2.36. The molecule has 3 rings (SSSR count). The number of fused-ring (bicyclic) bond motifs is 1. The molecule has 0 saturated heterocycles. The van der Waals surface area contributed by atoms with E-state index in [4.69, 9.17) is 13.9 Å². The van der Waals surface area contributed by atoms with E-state index < -0.39 is 0 Å². The summed E-state index contributed by atoms with van der Waals surface area (Å²) >= 11 is 0. The van der Waals surface area contributed by atoms with Crippen molar-refractivity contribution >= 4 is 5.91 Å². The second-order valence-electron chi connectivity index (χ2n) is 5.90. The third-order valence-corrected chi connectivity index (χ3v) is 4.30. The fourth-order valence-corrected chi connectivity index (χ4v) is 3.02. The molecule has 1 aliphatic heterocycles. The molecule has 0 bridgehead atoms. The standard InChI is InChI=1S/C19H23NO4/c1-3-13-8-9-18(24-13)16(12-22-2)20-19(21)15-10-11-23-17-7-5-4-6-14(15)17/h4-9,15-16H,3,10-12H2,1-2H3,(H,20,21)/t15-,16+/m0/s1. The van der Waals surface area contributed by atoms with Gasteiger partial charge in [0.05, 0.1) is 19.1 Å². The normalized spacial score (nSPS) is 17.7. The number of carbonyl (C=O) groups is 1. The number of benzene rings is 1. The molecule has 2 aromatic rings. The van der Waals surface area contributed by atoms with Gasteiger partial charge in [0.25, 0.3) is 0 Å². The van der Waals surface area contributed by atoms with Gasteiger partial charge in [0.2, 0.25) is 5.91 Å². The lowest BCUT2D eigenvalue weighted by atomic mass is 9.92. The average Bonchev–Trinajstić information content (AvgIpc) is 3.10. The molecule has 0 spiro atoms. The van der Waals surface area contributed by atoms with E-state index in [1.807, 2.05) is 43.3 Å². The first-order chi connectivity index (χ1) is 11.7. The Bertz CT molecular complexity index is 694. The van der Waals surface area contributed by atoms with E-state index in [-0.39, 0.29) is 17.9 Å². The van der Waals surface area contributed by atoms with Crippen LogP contribution < -0.4 is 10.1 Å². The molecule has 1 amide bonds. The van der Waals surface area contributed by atoms with E-state index in [1.54, 1.807) is 7.11 Å². The fourth-order valence-electron chi connectivity index (χ4n) is 3.02. The van der Waals surface area contributed by atoms with Crippen LogP contribution in [-0.4, -0.2) is 26.2 Å². The van der Waals surface area contributed by atoms with Crippen molar-refractivity contribution in [3.05, 3.63) is 53.5 Å². The van der Waals surface area contributed by atoms with Crippen LogP contribution in [-0.2, 0) is 16.0 Å². The van der Waals surface area contributed by atoms with Crippen LogP contribution in [0.1, 0.15) is 42.4 Å². The van der Waals surface area contributed by atoms with Crippen molar-refractivity contribution in [2.24, 2.45) is 0 Å². The molecule has 1 aromatic carbocycles. The summed E-state index contributed by atoms with van der Waals surface area (Å²) in [5.74, 6) is 2.18. The van der Waals surface area contributed by atoms with Crippen LogP contribution in [0.2, 0.25) is 0 Å². The number of ether oxygens (including phenoxy) is 2. The number of rotatable bonds is 6. The molecular formula is C19H23NO4. The summed E-state index contributed by atoms with van der Waals surface area (Å²) in [6.45, 7) is 2.95. The molecule has 128 valence electrons. The summed E-state index contributed by atoms with van der Waals surface area (Å²) < 4.78 is 16.7. The second-order valence-corrected chi connectivity index (χ2v) is 5.90. The first-order valence-corrected chi connectivity index (χ1v) is 8.32. The molecule has 0 aliphatic carbocycles. The Morgan fingerprint density at radius 2 is 2.17 bits per heavy atom. The van der Waals surface area contributed by atoms with Crippen LogP contribution in [0.3, 0.4) is 0 Å². The maximum absolute atomic E-state index is 12.8. The summed E-state index contributed by atoms with van der Waals surface area (Å²) in [7, 11) is 1.62. The minimum absolute atomic E-state index is 0.0257. The number of carbonyl (C=O) groups excluding carboxylic acids is 1. The van der Waals surface area contributed by atoms with Gasteiger partial charge >= 0.3 is 0 Å². The van der Waals surface area contributed by atoms with Crippen LogP contribution in [0, 0.1) is 0 Å². The Morgan fingerprint density at radius 3 is 2.92 bits per heavy atom. The predicted molar refractivity (Wildman–Crippen MR) is 90.1 cm³/mol. The highest BCUT2D eigenvalue weighted by atomic mass is 16.5. The summed E-state index contributed by atoms with van der Waals surface area (Å²) in [5.41, 5.74) is 0.936. The van der Waals surface area contributed by atoms with Gasteiger partial charge < -0.3 is 19.2 Å². The largest absolute Gasteiger partial charge is 0.493 e. The van der Waals surface area contributed by atoms with Gasteiger partial charge in [0.1, 0.15) is 23.3 Å². The Labute approximate surface area is 141 Å². The smallest absolute Gasteiger partial charge is 0.228 e. The molecule has 1 N–H and O–H groups in total. The van der Waals surface area contributed by atoms with E-state index in [0.29, 0.717) is 19.6 Å². The SMILES string of the molecule is CCc1ccc([C@@H](COC)NC(=O)[C@H]2CCOc3ccccc32)o1. The third-order valence-electron chi connectivity index (χ3n) is 4.30. The molecule has 1 aromatic heterocycles. The van der Waals surface area contributed by atoms with Crippen LogP contribution in [0.25, 0.3) is 0 Å². The van der Waals surface area contributed by atoms with E-state index in [9.17, 15) is 4.79 Å². The Kier molecular flexibility index (Phi) is 5.20. The zero-order valence-corrected chi connectivity index (χ0v) is 14.1. The molecule has 0 radical (unpaired) electrons. The van der Waals surface area contributed by atoms with Crippen molar-refractivity contribution in [3.63, 3.8) is 0 Å². The summed E-state index contributed by atoms with van der Waals surface area (Å²) in [6.07, 6.45) is 1.49. The number of amides is 1. The Balaban J connectivity index is 1.77. The summed E-state index contributed by atoms with van der Waals surface area (Å²) in [5, 5.41) is 3.07. The summed E-state index contributed by atoms with van der Waals surface area (Å²) in [6, 6.07) is 11.3. The van der Waals surface area contributed by atoms with Crippen molar-refractivity contribution in [2.75, 3.05) is 20.3 Å². The van der Waals surface area contributed by atoms with Gasteiger partial charge in [-0.3, -0.25) is 4.79 Å². The molecule has 1 aliphatic rings. The van der Waals surface area contributed by atoms with Crippen molar-refractivity contribution in [1.29, 1.82) is 0 Å². The zero-order valence-electron chi connectivity index (χ0n) is 14.1. The number of hydrogen-bond acceptors (Lipinski definition) is 4. The maximum Gasteiger partial charge on any atom is 0.228 e.